The van der Waals surface area contributed by atoms with Gasteiger partial charge in [-0.25, -0.2) is 9.97 Å². The van der Waals surface area contributed by atoms with Crippen molar-refractivity contribution < 1.29 is 14.3 Å². The molecule has 184 valence electrons. The van der Waals surface area contributed by atoms with Crippen molar-refractivity contribution in [2.75, 3.05) is 38.3 Å². The molecule has 2 aliphatic rings. The van der Waals surface area contributed by atoms with Gasteiger partial charge in [-0.3, -0.25) is 14.6 Å². The highest BCUT2D eigenvalue weighted by molar-refractivity contribution is 5.91. The van der Waals surface area contributed by atoms with Crippen molar-refractivity contribution in [2.45, 2.75) is 33.0 Å². The zero-order chi connectivity index (χ0) is 24.4. The number of primary amides is 1. The van der Waals surface area contributed by atoms with Crippen LogP contribution in [0, 0.1) is 5.92 Å². The molecule has 0 spiro atoms. The number of carbonyl (C=O) groups is 1. The predicted molar refractivity (Wildman–Crippen MR) is 134 cm³/mol. The second kappa shape index (κ2) is 10.1. The van der Waals surface area contributed by atoms with Gasteiger partial charge in [0, 0.05) is 38.1 Å². The van der Waals surface area contributed by atoms with Crippen molar-refractivity contribution in [2.24, 2.45) is 11.7 Å². The fourth-order valence-electron chi connectivity index (χ4n) is 4.62. The van der Waals surface area contributed by atoms with Crippen LogP contribution in [0.5, 0.6) is 11.5 Å². The van der Waals surface area contributed by atoms with Gasteiger partial charge in [0.1, 0.15) is 17.7 Å². The summed E-state index contributed by atoms with van der Waals surface area (Å²) in [5, 5.41) is 4.16. The number of ether oxygens (including phenoxy) is 2. The maximum atomic E-state index is 12.0. The fourth-order valence-corrected chi connectivity index (χ4v) is 4.62. The third-order valence-electron chi connectivity index (χ3n) is 6.59. The minimum absolute atomic E-state index is 0.0440. The maximum Gasteiger partial charge on any atom is 0.240 e. The number of nitrogens with one attached hydrogen (secondary N) is 1. The summed E-state index contributed by atoms with van der Waals surface area (Å²) in [6.07, 6.45) is 0. The highest BCUT2D eigenvalue weighted by Gasteiger charge is 2.23. The lowest BCUT2D eigenvalue weighted by molar-refractivity contribution is -0.119. The van der Waals surface area contributed by atoms with E-state index in [4.69, 9.17) is 25.2 Å². The Morgan fingerprint density at radius 3 is 2.46 bits per heavy atom. The van der Waals surface area contributed by atoms with E-state index in [1.165, 1.54) is 5.56 Å². The average Bonchev–Trinajstić information content (AvgIpc) is 3.31. The minimum atomic E-state index is -0.499. The minimum Gasteiger partial charge on any atom is -0.454 e. The lowest BCUT2D eigenvalue weighted by atomic mass is 10.0. The van der Waals surface area contributed by atoms with E-state index in [0.29, 0.717) is 19.2 Å². The highest BCUT2D eigenvalue weighted by atomic mass is 16.7. The lowest BCUT2D eigenvalue weighted by Crippen LogP contribution is -2.45. The SMILES string of the molecule is CC(C)[C@H](Nc1nc(CN2CCN(Cc3ccc4c(c3)OCO4)CC2)nc2ccccc12)C(N)=O. The zero-order valence-corrected chi connectivity index (χ0v) is 20.2. The first kappa shape index (κ1) is 23.3. The van der Waals surface area contributed by atoms with Crippen molar-refractivity contribution in [1.29, 1.82) is 0 Å². The third kappa shape index (κ3) is 5.31. The summed E-state index contributed by atoms with van der Waals surface area (Å²) >= 11 is 0. The molecule has 2 aromatic carbocycles. The Hall–Kier alpha value is -3.43. The lowest BCUT2D eigenvalue weighted by Gasteiger charge is -2.34. The molecule has 1 atom stereocenters. The summed E-state index contributed by atoms with van der Waals surface area (Å²) in [7, 11) is 0. The second-order valence-corrected chi connectivity index (χ2v) is 9.51. The van der Waals surface area contributed by atoms with Crippen LogP contribution in [-0.2, 0) is 17.9 Å². The van der Waals surface area contributed by atoms with Gasteiger partial charge in [0.25, 0.3) is 0 Å². The summed E-state index contributed by atoms with van der Waals surface area (Å²) in [6.45, 7) is 9.56. The van der Waals surface area contributed by atoms with E-state index < -0.39 is 6.04 Å². The Kier molecular flexibility index (Phi) is 6.70. The van der Waals surface area contributed by atoms with Crippen LogP contribution < -0.4 is 20.5 Å². The number of nitrogens with two attached hydrogens (primary N) is 1. The van der Waals surface area contributed by atoms with Crippen LogP contribution in [0.2, 0.25) is 0 Å². The van der Waals surface area contributed by atoms with Crippen LogP contribution >= 0.6 is 0 Å². The van der Waals surface area contributed by atoms with E-state index in [0.717, 1.165) is 61.0 Å². The molecule has 0 radical (unpaired) electrons. The van der Waals surface area contributed by atoms with E-state index in [9.17, 15) is 4.79 Å². The summed E-state index contributed by atoms with van der Waals surface area (Å²) in [5.41, 5.74) is 7.72. The number of benzene rings is 2. The summed E-state index contributed by atoms with van der Waals surface area (Å²) in [5.74, 6) is 2.70. The van der Waals surface area contributed by atoms with Crippen molar-refractivity contribution in [3.63, 3.8) is 0 Å². The Balaban J connectivity index is 1.25. The molecule has 5 rings (SSSR count). The number of anilines is 1. The highest BCUT2D eigenvalue weighted by Crippen LogP contribution is 2.33. The van der Waals surface area contributed by atoms with Crippen molar-refractivity contribution in [3.05, 3.63) is 53.9 Å². The maximum absolute atomic E-state index is 12.0. The second-order valence-electron chi connectivity index (χ2n) is 9.51. The number of hydrogen-bond donors (Lipinski definition) is 2. The van der Waals surface area contributed by atoms with Gasteiger partial charge in [-0.15, -0.1) is 0 Å². The Morgan fingerprint density at radius 1 is 1.00 bits per heavy atom. The van der Waals surface area contributed by atoms with Crippen LogP contribution in [0.3, 0.4) is 0 Å². The first-order valence-electron chi connectivity index (χ1n) is 12.1. The summed E-state index contributed by atoms with van der Waals surface area (Å²) in [4.78, 5) is 26.4. The topological polar surface area (TPSA) is 106 Å². The van der Waals surface area contributed by atoms with Crippen molar-refractivity contribution in [1.82, 2.24) is 19.8 Å². The molecule has 1 fully saturated rings. The molecule has 0 bridgehead atoms. The fraction of sp³-hybridized carbons (Fsp3) is 0.423. The first-order chi connectivity index (χ1) is 17.0. The third-order valence-corrected chi connectivity index (χ3v) is 6.59. The molecule has 0 saturated carbocycles. The Morgan fingerprint density at radius 2 is 1.71 bits per heavy atom. The molecule has 0 aliphatic carbocycles. The number of aromatic nitrogens is 2. The van der Waals surface area contributed by atoms with Gasteiger partial charge in [-0.05, 0) is 35.7 Å². The molecule has 9 nitrogen and oxygen atoms in total. The molecule has 3 heterocycles. The number of fused-ring (bicyclic) bond motifs is 2. The number of carbonyl (C=O) groups excluding carboxylic acids is 1. The summed E-state index contributed by atoms with van der Waals surface area (Å²) < 4.78 is 10.9. The normalized spacial score (nSPS) is 17.1. The van der Waals surface area contributed by atoms with Gasteiger partial charge in [0.2, 0.25) is 12.7 Å². The van der Waals surface area contributed by atoms with Crippen LogP contribution in [0.4, 0.5) is 5.82 Å². The van der Waals surface area contributed by atoms with Crippen LogP contribution in [0.1, 0.15) is 25.2 Å². The number of amides is 1. The molecule has 3 aromatic rings. The zero-order valence-electron chi connectivity index (χ0n) is 20.2. The predicted octanol–water partition coefficient (Wildman–Crippen LogP) is 2.60. The van der Waals surface area contributed by atoms with Crippen molar-refractivity contribution >= 4 is 22.6 Å². The quantitative estimate of drug-likeness (QED) is 0.511. The van der Waals surface area contributed by atoms with E-state index in [-0.39, 0.29) is 11.8 Å². The molecule has 2 aliphatic heterocycles. The Labute approximate surface area is 205 Å². The Bertz CT molecular complexity index is 1210. The van der Waals surface area contributed by atoms with E-state index in [1.54, 1.807) is 0 Å². The molecule has 3 N–H and O–H groups in total. The molecule has 1 amide bonds. The van der Waals surface area contributed by atoms with Gasteiger partial charge >= 0.3 is 0 Å². The first-order valence-corrected chi connectivity index (χ1v) is 12.1. The molecule has 1 saturated heterocycles. The number of rotatable bonds is 8. The number of para-hydroxylation sites is 1. The molecular weight excluding hydrogens is 444 g/mol. The van der Waals surface area contributed by atoms with Gasteiger partial charge < -0.3 is 20.5 Å². The molecular formula is C26H32N6O3. The van der Waals surface area contributed by atoms with E-state index >= 15 is 0 Å². The average molecular weight is 477 g/mol. The van der Waals surface area contributed by atoms with Crippen LogP contribution in [0.25, 0.3) is 10.9 Å². The standard InChI is InChI=1S/C26H32N6O3/c1-17(2)24(25(27)33)30-26-19-5-3-4-6-20(19)28-23(29-26)15-32-11-9-31(10-12-32)14-18-7-8-21-22(13-18)35-16-34-21/h3-8,13,17,24H,9-12,14-16H2,1-2H3,(H2,27,33)(H,28,29,30)/t24-/m0/s1. The monoisotopic (exact) mass is 476 g/mol. The summed E-state index contributed by atoms with van der Waals surface area (Å²) in [6, 6.07) is 13.5. The number of hydrogen-bond acceptors (Lipinski definition) is 8. The van der Waals surface area contributed by atoms with Gasteiger partial charge in [0.05, 0.1) is 12.1 Å². The van der Waals surface area contributed by atoms with Gasteiger partial charge in [0.15, 0.2) is 11.5 Å². The largest absolute Gasteiger partial charge is 0.454 e. The molecule has 0 unspecified atom stereocenters. The van der Waals surface area contributed by atoms with Crippen LogP contribution in [-0.4, -0.2) is 64.7 Å². The molecule has 9 heteroatoms. The van der Waals surface area contributed by atoms with E-state index in [2.05, 4.69) is 27.2 Å². The number of piperazine rings is 1. The van der Waals surface area contributed by atoms with Gasteiger partial charge in [-0.1, -0.05) is 32.0 Å². The number of nitrogens with zero attached hydrogens (tertiary/aromatic N) is 4. The van der Waals surface area contributed by atoms with Crippen LogP contribution in [0.15, 0.2) is 42.5 Å². The molecule has 35 heavy (non-hydrogen) atoms. The van der Waals surface area contributed by atoms with Crippen molar-refractivity contribution in [3.8, 4) is 11.5 Å². The van der Waals surface area contributed by atoms with Gasteiger partial charge in [-0.2, -0.15) is 0 Å². The smallest absolute Gasteiger partial charge is 0.240 e. The molecule has 1 aromatic heterocycles. The van der Waals surface area contributed by atoms with E-state index in [1.807, 2.05) is 44.2 Å².